The number of nitrogens with one attached hydrogen (secondary N) is 3. The van der Waals surface area contributed by atoms with E-state index in [0.717, 1.165) is 5.56 Å². The Hall–Kier alpha value is -2.98. The summed E-state index contributed by atoms with van der Waals surface area (Å²) in [5.41, 5.74) is 1.43. The number of rotatable bonds is 8. The van der Waals surface area contributed by atoms with E-state index in [1.807, 2.05) is 13.0 Å². The van der Waals surface area contributed by atoms with Crippen LogP contribution in [0.2, 0.25) is 0 Å². The van der Waals surface area contributed by atoms with Gasteiger partial charge in [-0.05, 0) is 56.7 Å². The van der Waals surface area contributed by atoms with Crippen LogP contribution in [-0.2, 0) is 14.8 Å². The Morgan fingerprint density at radius 3 is 2.30 bits per heavy atom. The van der Waals surface area contributed by atoms with Gasteiger partial charge < -0.3 is 16.0 Å². The number of benzene rings is 1. The molecule has 162 valence electrons. The molecule has 0 radical (unpaired) electrons. The molecule has 2 rings (SSSR count). The zero-order chi connectivity index (χ0) is 22.3. The highest BCUT2D eigenvalue weighted by Gasteiger charge is 2.22. The molecule has 9 nitrogen and oxygen atoms in total. The Morgan fingerprint density at radius 1 is 1.07 bits per heavy atom. The first-order chi connectivity index (χ1) is 14.1. The van der Waals surface area contributed by atoms with Crippen molar-refractivity contribution < 1.29 is 18.0 Å². The van der Waals surface area contributed by atoms with Gasteiger partial charge in [0.2, 0.25) is 15.9 Å². The van der Waals surface area contributed by atoms with E-state index >= 15 is 0 Å². The molecule has 0 aliphatic carbocycles. The number of anilines is 2. The molecule has 3 N–H and O–H groups in total. The maximum atomic E-state index is 12.4. The molecule has 2 aromatic rings. The molecule has 3 amide bonds. The second kappa shape index (κ2) is 10.2. The highest BCUT2D eigenvalue weighted by molar-refractivity contribution is 7.89. The van der Waals surface area contributed by atoms with E-state index in [-0.39, 0.29) is 29.8 Å². The summed E-state index contributed by atoms with van der Waals surface area (Å²) in [6.07, 6.45) is 1.74. The van der Waals surface area contributed by atoms with E-state index in [1.54, 1.807) is 26.1 Å². The molecule has 1 aromatic carbocycles. The summed E-state index contributed by atoms with van der Waals surface area (Å²) in [5, 5.41) is 7.82. The monoisotopic (exact) mass is 433 g/mol. The lowest BCUT2D eigenvalue weighted by Crippen LogP contribution is -2.33. The van der Waals surface area contributed by atoms with Crippen LogP contribution in [0.5, 0.6) is 0 Å². The van der Waals surface area contributed by atoms with E-state index < -0.39 is 16.1 Å². The average molecular weight is 434 g/mol. The summed E-state index contributed by atoms with van der Waals surface area (Å²) in [6, 6.07) is 8.77. The first-order valence-corrected chi connectivity index (χ1v) is 10.9. The third kappa shape index (κ3) is 6.53. The zero-order valence-corrected chi connectivity index (χ0v) is 18.3. The number of aromatic nitrogens is 1. The minimum atomic E-state index is -3.58. The summed E-state index contributed by atoms with van der Waals surface area (Å²) in [6.45, 7) is 5.61. The molecule has 0 unspecified atom stereocenters. The van der Waals surface area contributed by atoms with Gasteiger partial charge in [-0.15, -0.1) is 0 Å². The van der Waals surface area contributed by atoms with Gasteiger partial charge in [0, 0.05) is 37.9 Å². The van der Waals surface area contributed by atoms with Crippen molar-refractivity contribution in [1.82, 2.24) is 14.6 Å². The first-order valence-electron chi connectivity index (χ1n) is 9.45. The molecule has 1 heterocycles. The van der Waals surface area contributed by atoms with E-state index in [1.165, 1.54) is 35.6 Å². The lowest BCUT2D eigenvalue weighted by atomic mass is 10.3. The maximum Gasteiger partial charge on any atom is 0.319 e. The summed E-state index contributed by atoms with van der Waals surface area (Å²) in [4.78, 5) is 28.1. The van der Waals surface area contributed by atoms with Gasteiger partial charge in [-0.25, -0.2) is 18.2 Å². The fourth-order valence-corrected chi connectivity index (χ4v) is 3.73. The smallest absolute Gasteiger partial charge is 0.319 e. The maximum absolute atomic E-state index is 12.4. The number of carbonyl (C=O) groups is 2. The lowest BCUT2D eigenvalue weighted by Gasteiger charge is -2.21. The number of hydrogen-bond acceptors (Lipinski definition) is 5. The van der Waals surface area contributed by atoms with Crippen molar-refractivity contribution >= 4 is 33.5 Å². The Labute approximate surface area is 176 Å². The fraction of sp³-hybridized carbons (Fsp3) is 0.350. The van der Waals surface area contributed by atoms with Gasteiger partial charge in [-0.2, -0.15) is 4.31 Å². The van der Waals surface area contributed by atoms with Crippen LogP contribution in [0, 0.1) is 6.92 Å². The van der Waals surface area contributed by atoms with Crippen molar-refractivity contribution in [2.24, 2.45) is 0 Å². The molecule has 0 spiro atoms. The number of carbonyl (C=O) groups excluding carboxylic acids is 2. The fourth-order valence-electron chi connectivity index (χ4n) is 2.37. The van der Waals surface area contributed by atoms with Crippen molar-refractivity contribution in [3.63, 3.8) is 0 Å². The topological polar surface area (TPSA) is 120 Å². The van der Waals surface area contributed by atoms with Crippen molar-refractivity contribution in [1.29, 1.82) is 0 Å². The largest absolute Gasteiger partial charge is 0.337 e. The SMILES string of the molecule is Cc1ccc(NC(=O)CCNC(=O)Nc2ccc(S(=O)(=O)N(C)C(C)C)cc2)nc1. The third-order valence-corrected chi connectivity index (χ3v) is 6.38. The second-order valence-electron chi connectivity index (χ2n) is 7.04. The minimum Gasteiger partial charge on any atom is -0.337 e. The molecule has 0 atom stereocenters. The van der Waals surface area contributed by atoms with E-state index in [2.05, 4.69) is 20.9 Å². The second-order valence-corrected chi connectivity index (χ2v) is 9.04. The van der Waals surface area contributed by atoms with Crippen LogP contribution >= 0.6 is 0 Å². The summed E-state index contributed by atoms with van der Waals surface area (Å²) in [5.74, 6) is 0.184. The van der Waals surface area contributed by atoms with Gasteiger partial charge in [0.05, 0.1) is 4.90 Å². The van der Waals surface area contributed by atoms with E-state index in [4.69, 9.17) is 0 Å². The van der Waals surface area contributed by atoms with Crippen LogP contribution in [0.25, 0.3) is 0 Å². The Morgan fingerprint density at radius 2 is 1.73 bits per heavy atom. The predicted molar refractivity (Wildman–Crippen MR) is 116 cm³/mol. The van der Waals surface area contributed by atoms with Crippen LogP contribution in [0.1, 0.15) is 25.8 Å². The predicted octanol–water partition coefficient (Wildman–Crippen LogP) is 2.57. The quantitative estimate of drug-likeness (QED) is 0.591. The Kier molecular flexibility index (Phi) is 7.90. The molecule has 0 saturated heterocycles. The number of sulfonamides is 1. The summed E-state index contributed by atoms with van der Waals surface area (Å²) >= 11 is 0. The van der Waals surface area contributed by atoms with Gasteiger partial charge in [-0.3, -0.25) is 4.79 Å². The molecule has 0 aliphatic heterocycles. The molecule has 0 bridgehead atoms. The molecule has 0 fully saturated rings. The highest BCUT2D eigenvalue weighted by Crippen LogP contribution is 2.19. The zero-order valence-electron chi connectivity index (χ0n) is 17.5. The third-order valence-electron chi connectivity index (χ3n) is 4.33. The van der Waals surface area contributed by atoms with Gasteiger partial charge in [0.25, 0.3) is 0 Å². The number of aryl methyl sites for hydroxylation is 1. The number of urea groups is 1. The average Bonchev–Trinajstić information content (AvgIpc) is 2.69. The number of nitrogens with zero attached hydrogens (tertiary/aromatic N) is 2. The molecule has 0 saturated carbocycles. The van der Waals surface area contributed by atoms with Crippen LogP contribution in [0.4, 0.5) is 16.3 Å². The van der Waals surface area contributed by atoms with Crippen molar-refractivity contribution in [2.45, 2.75) is 38.1 Å². The van der Waals surface area contributed by atoms with E-state index in [9.17, 15) is 18.0 Å². The lowest BCUT2D eigenvalue weighted by molar-refractivity contribution is -0.116. The van der Waals surface area contributed by atoms with Crippen molar-refractivity contribution in [3.05, 3.63) is 48.2 Å². The molecule has 10 heteroatoms. The number of pyridine rings is 1. The molecule has 1 aromatic heterocycles. The van der Waals surface area contributed by atoms with Gasteiger partial charge in [0.15, 0.2) is 0 Å². The molecule has 0 aliphatic rings. The van der Waals surface area contributed by atoms with Gasteiger partial charge in [0.1, 0.15) is 5.82 Å². The summed E-state index contributed by atoms with van der Waals surface area (Å²) in [7, 11) is -2.06. The number of amides is 3. The normalized spacial score (nSPS) is 11.4. The van der Waals surface area contributed by atoms with Crippen molar-refractivity contribution in [2.75, 3.05) is 24.2 Å². The molecular formula is C20H27N5O4S. The van der Waals surface area contributed by atoms with Crippen LogP contribution in [0.3, 0.4) is 0 Å². The highest BCUT2D eigenvalue weighted by atomic mass is 32.2. The molecular weight excluding hydrogens is 406 g/mol. The van der Waals surface area contributed by atoms with Crippen LogP contribution in [0.15, 0.2) is 47.5 Å². The molecule has 30 heavy (non-hydrogen) atoms. The minimum absolute atomic E-state index is 0.0850. The summed E-state index contributed by atoms with van der Waals surface area (Å²) < 4.78 is 26.2. The van der Waals surface area contributed by atoms with E-state index in [0.29, 0.717) is 11.5 Å². The van der Waals surface area contributed by atoms with Crippen LogP contribution in [-0.4, -0.2) is 49.3 Å². The number of hydrogen-bond donors (Lipinski definition) is 3. The Bertz CT molecular complexity index is 973. The van der Waals surface area contributed by atoms with Gasteiger partial charge in [-0.1, -0.05) is 6.07 Å². The standard InChI is InChI=1S/C20H27N5O4S/c1-14(2)25(4)30(28,29)17-8-6-16(7-9-17)23-20(27)21-12-11-19(26)24-18-10-5-15(3)13-22-18/h5-10,13-14H,11-12H2,1-4H3,(H2,21,23,27)(H,22,24,26). The van der Waals surface area contributed by atoms with Crippen molar-refractivity contribution in [3.8, 4) is 0 Å². The van der Waals surface area contributed by atoms with Crippen LogP contribution < -0.4 is 16.0 Å². The first kappa shape index (κ1) is 23.3. The van der Waals surface area contributed by atoms with Gasteiger partial charge >= 0.3 is 6.03 Å². The Balaban J connectivity index is 1.81.